The minimum absolute atomic E-state index is 0.216. The van der Waals surface area contributed by atoms with E-state index in [0.29, 0.717) is 12.2 Å². The van der Waals surface area contributed by atoms with E-state index >= 15 is 0 Å². The Labute approximate surface area is 108 Å². The third kappa shape index (κ3) is 3.54. The van der Waals surface area contributed by atoms with Crippen molar-refractivity contribution in [1.29, 1.82) is 0 Å². The average Bonchev–Trinajstić information content (AvgIpc) is 2.78. The summed E-state index contributed by atoms with van der Waals surface area (Å²) < 4.78 is 38.5. The van der Waals surface area contributed by atoms with Gasteiger partial charge in [-0.15, -0.1) is 0 Å². The first kappa shape index (κ1) is 13.5. The Bertz CT molecular complexity index is 548. The van der Waals surface area contributed by atoms with E-state index in [4.69, 9.17) is 0 Å². The number of alkyl halides is 3. The first-order chi connectivity index (χ1) is 8.99. The van der Waals surface area contributed by atoms with Crippen LogP contribution >= 0.6 is 0 Å². The van der Waals surface area contributed by atoms with E-state index in [1.54, 1.807) is 13.1 Å². The highest BCUT2D eigenvalue weighted by atomic mass is 19.4. The summed E-state index contributed by atoms with van der Waals surface area (Å²) in [4.78, 5) is 4.32. The molecule has 0 aromatic carbocycles. The number of rotatable bonds is 4. The molecular weight excluding hydrogens is 257 g/mol. The Kier molecular flexibility index (Phi) is 3.84. The lowest BCUT2D eigenvalue weighted by atomic mass is 10.3. The maximum Gasteiger partial charge on any atom is 0.419 e. The van der Waals surface area contributed by atoms with Crippen LogP contribution in [-0.2, 0) is 19.3 Å². The summed E-state index contributed by atoms with van der Waals surface area (Å²) in [6, 6.07) is 5.43. The van der Waals surface area contributed by atoms with Crippen molar-refractivity contribution in [2.24, 2.45) is 0 Å². The van der Waals surface area contributed by atoms with Crippen molar-refractivity contribution < 1.29 is 13.2 Å². The van der Waals surface area contributed by atoms with E-state index in [1.165, 1.54) is 4.68 Å². The third-order valence-electron chi connectivity index (χ3n) is 2.51. The summed E-state index contributed by atoms with van der Waals surface area (Å²) in [7, 11) is 1.80. The summed E-state index contributed by atoms with van der Waals surface area (Å²) in [6.07, 6.45) is -2.57. The minimum Gasteiger partial charge on any atom is -0.314 e. The third-order valence-corrected chi connectivity index (χ3v) is 2.51. The lowest BCUT2D eigenvalue weighted by molar-refractivity contribution is -0.137. The molecule has 2 heterocycles. The lowest BCUT2D eigenvalue weighted by Crippen LogP contribution is -2.09. The van der Waals surface area contributed by atoms with Crippen molar-refractivity contribution in [3.8, 4) is 0 Å². The highest BCUT2D eigenvalue weighted by Crippen LogP contribution is 2.28. The molecule has 0 radical (unpaired) electrons. The average molecular weight is 270 g/mol. The molecule has 0 aliphatic heterocycles. The smallest absolute Gasteiger partial charge is 0.314 e. The Morgan fingerprint density at radius 1 is 1.26 bits per heavy atom. The molecule has 2 aromatic heterocycles. The van der Waals surface area contributed by atoms with Gasteiger partial charge in [0.15, 0.2) is 0 Å². The monoisotopic (exact) mass is 270 g/mol. The van der Waals surface area contributed by atoms with Crippen LogP contribution in [0.25, 0.3) is 0 Å². The van der Waals surface area contributed by atoms with Crippen molar-refractivity contribution >= 4 is 0 Å². The summed E-state index contributed by atoms with van der Waals surface area (Å²) in [5, 5.41) is 6.66. The van der Waals surface area contributed by atoms with Crippen molar-refractivity contribution in [1.82, 2.24) is 20.1 Å². The molecule has 1 N–H and O–H groups in total. The van der Waals surface area contributed by atoms with Crippen LogP contribution in [0, 0.1) is 0 Å². The zero-order valence-corrected chi connectivity index (χ0v) is 10.3. The largest absolute Gasteiger partial charge is 0.419 e. The summed E-state index contributed by atoms with van der Waals surface area (Å²) in [6.45, 7) is 0.828. The van der Waals surface area contributed by atoms with E-state index in [9.17, 15) is 13.2 Å². The molecule has 2 aromatic rings. The second-order valence-electron chi connectivity index (χ2n) is 4.07. The van der Waals surface area contributed by atoms with Gasteiger partial charge in [-0.3, -0.25) is 9.67 Å². The van der Waals surface area contributed by atoms with Crippen LogP contribution in [-0.4, -0.2) is 21.8 Å². The van der Waals surface area contributed by atoms with Gasteiger partial charge in [0.05, 0.1) is 29.7 Å². The van der Waals surface area contributed by atoms with Gasteiger partial charge in [-0.25, -0.2) is 0 Å². The molecule has 0 aliphatic rings. The molecule has 7 heteroatoms. The van der Waals surface area contributed by atoms with Gasteiger partial charge in [-0.1, -0.05) is 6.07 Å². The highest BCUT2D eigenvalue weighted by Gasteiger charge is 2.32. The van der Waals surface area contributed by atoms with E-state index in [0.717, 1.165) is 18.1 Å². The first-order valence-corrected chi connectivity index (χ1v) is 5.68. The molecule has 0 aliphatic carbocycles. The summed E-state index contributed by atoms with van der Waals surface area (Å²) >= 11 is 0. The van der Waals surface area contributed by atoms with E-state index in [-0.39, 0.29) is 6.54 Å². The van der Waals surface area contributed by atoms with Crippen LogP contribution in [0.1, 0.15) is 17.0 Å². The van der Waals surface area contributed by atoms with Gasteiger partial charge in [0.25, 0.3) is 0 Å². The van der Waals surface area contributed by atoms with Crippen LogP contribution in [0.15, 0.2) is 30.6 Å². The minimum atomic E-state index is -4.36. The summed E-state index contributed by atoms with van der Waals surface area (Å²) in [5.74, 6) is 0. The molecule has 0 atom stereocenters. The number of hydrogen-bond donors (Lipinski definition) is 1. The van der Waals surface area contributed by atoms with Crippen molar-refractivity contribution in [2.75, 3.05) is 7.05 Å². The molecule has 0 spiro atoms. The Morgan fingerprint density at radius 3 is 2.63 bits per heavy atom. The van der Waals surface area contributed by atoms with Crippen LogP contribution in [0.4, 0.5) is 13.2 Å². The topological polar surface area (TPSA) is 42.7 Å². The molecule has 0 bridgehead atoms. The van der Waals surface area contributed by atoms with Gasteiger partial charge in [-0.05, 0) is 19.2 Å². The Hall–Kier alpha value is -1.89. The van der Waals surface area contributed by atoms with Crippen molar-refractivity contribution in [3.05, 3.63) is 47.5 Å². The molecule has 0 saturated heterocycles. The van der Waals surface area contributed by atoms with Crippen LogP contribution in [0.3, 0.4) is 0 Å². The molecule has 19 heavy (non-hydrogen) atoms. The number of nitrogens with zero attached hydrogens (tertiary/aromatic N) is 3. The molecule has 0 amide bonds. The number of pyridine rings is 1. The maximum absolute atomic E-state index is 12.4. The van der Waals surface area contributed by atoms with Gasteiger partial charge >= 0.3 is 6.18 Å². The standard InChI is InChI=1S/C12H13F3N4/c1-16-6-10-3-2-4-11(18-10)8-19-7-9(5-17-19)12(13,14)15/h2-5,7,16H,6,8H2,1H3. The molecule has 4 nitrogen and oxygen atoms in total. The van der Waals surface area contributed by atoms with Crippen LogP contribution in [0.5, 0.6) is 0 Å². The molecular formula is C12H13F3N4. The van der Waals surface area contributed by atoms with E-state index in [1.807, 2.05) is 12.1 Å². The highest BCUT2D eigenvalue weighted by molar-refractivity contribution is 5.13. The SMILES string of the molecule is CNCc1cccc(Cn2cc(C(F)(F)F)cn2)n1. The fraction of sp³-hybridized carbons (Fsp3) is 0.333. The zero-order chi connectivity index (χ0) is 13.9. The van der Waals surface area contributed by atoms with Gasteiger partial charge in [0, 0.05) is 12.7 Å². The molecule has 0 fully saturated rings. The molecule has 2 rings (SSSR count). The quantitative estimate of drug-likeness (QED) is 0.924. The normalized spacial score (nSPS) is 11.8. The fourth-order valence-corrected chi connectivity index (χ4v) is 1.66. The predicted molar refractivity (Wildman–Crippen MR) is 63.3 cm³/mol. The van der Waals surface area contributed by atoms with Gasteiger partial charge in [0.2, 0.25) is 0 Å². The Balaban J connectivity index is 2.12. The zero-order valence-electron chi connectivity index (χ0n) is 10.3. The molecule has 0 saturated carbocycles. The van der Waals surface area contributed by atoms with Gasteiger partial charge in [0.1, 0.15) is 0 Å². The second kappa shape index (κ2) is 5.40. The van der Waals surface area contributed by atoms with Crippen LogP contribution in [0.2, 0.25) is 0 Å². The molecule has 0 unspecified atom stereocenters. The number of halogens is 3. The number of hydrogen-bond acceptors (Lipinski definition) is 3. The number of nitrogens with one attached hydrogen (secondary N) is 1. The summed E-state index contributed by atoms with van der Waals surface area (Å²) in [5.41, 5.74) is 0.756. The predicted octanol–water partition coefficient (Wildman–Crippen LogP) is 2.06. The van der Waals surface area contributed by atoms with Gasteiger partial charge < -0.3 is 5.32 Å². The van der Waals surface area contributed by atoms with Gasteiger partial charge in [-0.2, -0.15) is 18.3 Å². The fourth-order valence-electron chi connectivity index (χ4n) is 1.66. The van der Waals surface area contributed by atoms with Crippen molar-refractivity contribution in [3.63, 3.8) is 0 Å². The second-order valence-corrected chi connectivity index (χ2v) is 4.07. The van der Waals surface area contributed by atoms with Crippen LogP contribution < -0.4 is 5.32 Å². The van der Waals surface area contributed by atoms with E-state index < -0.39 is 11.7 Å². The number of aromatic nitrogens is 3. The molecule has 102 valence electrons. The van der Waals surface area contributed by atoms with E-state index in [2.05, 4.69) is 15.4 Å². The first-order valence-electron chi connectivity index (χ1n) is 5.68. The van der Waals surface area contributed by atoms with Crippen molar-refractivity contribution in [2.45, 2.75) is 19.3 Å². The maximum atomic E-state index is 12.4. The lowest BCUT2D eigenvalue weighted by Gasteiger charge is -2.05. The Morgan fingerprint density at radius 2 is 2.00 bits per heavy atom.